The number of carbonyl (C=O) groups is 2. The summed E-state index contributed by atoms with van der Waals surface area (Å²) in [5, 5.41) is 4.19. The van der Waals surface area contributed by atoms with Crippen LogP contribution in [0.5, 0.6) is 11.5 Å². The standard InChI is InChI=1S/C24H17Cl2NO5/c1-30-20-11-6-14(12-18(20)26)23(29)24-22(17-4-2-3-5-19(17)32-24)27-21(28)13-31-16-9-7-15(25)8-10-16/h2-12H,13H2,1H3,(H,27,28). The highest BCUT2D eigenvalue weighted by atomic mass is 35.5. The van der Waals surface area contributed by atoms with Gasteiger partial charge >= 0.3 is 0 Å². The second-order valence-corrected chi connectivity index (χ2v) is 7.62. The molecule has 0 unspecified atom stereocenters. The minimum absolute atomic E-state index is 0.00715. The van der Waals surface area contributed by atoms with Gasteiger partial charge in [0.2, 0.25) is 5.78 Å². The van der Waals surface area contributed by atoms with Gasteiger partial charge in [-0.1, -0.05) is 35.3 Å². The number of halogens is 2. The molecule has 0 atom stereocenters. The third-order valence-corrected chi connectivity index (χ3v) is 5.21. The summed E-state index contributed by atoms with van der Waals surface area (Å²) in [7, 11) is 1.49. The summed E-state index contributed by atoms with van der Waals surface area (Å²) < 4.78 is 16.4. The molecule has 1 aromatic heterocycles. The van der Waals surface area contributed by atoms with Crippen LogP contribution in [0.4, 0.5) is 5.69 Å². The SMILES string of the molecule is COc1ccc(C(=O)c2oc3ccccc3c2NC(=O)COc2ccc(Cl)cc2)cc1Cl. The highest BCUT2D eigenvalue weighted by Gasteiger charge is 2.24. The van der Waals surface area contributed by atoms with Crippen LogP contribution >= 0.6 is 23.2 Å². The molecule has 1 heterocycles. The van der Waals surface area contributed by atoms with E-state index in [1.54, 1.807) is 60.7 Å². The van der Waals surface area contributed by atoms with Crippen molar-refractivity contribution in [2.75, 3.05) is 19.0 Å². The van der Waals surface area contributed by atoms with Crippen LogP contribution in [0.3, 0.4) is 0 Å². The van der Waals surface area contributed by atoms with Gasteiger partial charge in [0.05, 0.1) is 17.8 Å². The Labute approximate surface area is 193 Å². The van der Waals surface area contributed by atoms with Gasteiger partial charge in [-0.05, 0) is 54.6 Å². The fourth-order valence-electron chi connectivity index (χ4n) is 3.12. The Hall–Kier alpha value is -3.48. The number of furan rings is 1. The first kappa shape index (κ1) is 21.7. The zero-order chi connectivity index (χ0) is 22.7. The summed E-state index contributed by atoms with van der Waals surface area (Å²) in [5.74, 6) is 0.0479. The Kier molecular flexibility index (Phi) is 6.35. The van der Waals surface area contributed by atoms with Crippen molar-refractivity contribution in [1.82, 2.24) is 0 Å². The lowest BCUT2D eigenvalue weighted by Gasteiger charge is -2.09. The zero-order valence-corrected chi connectivity index (χ0v) is 18.4. The van der Waals surface area contributed by atoms with Gasteiger partial charge in [-0.25, -0.2) is 0 Å². The van der Waals surface area contributed by atoms with E-state index in [1.165, 1.54) is 13.2 Å². The smallest absolute Gasteiger partial charge is 0.262 e. The first-order valence-electron chi connectivity index (χ1n) is 9.54. The molecule has 32 heavy (non-hydrogen) atoms. The van der Waals surface area contributed by atoms with Crippen LogP contribution in [0.15, 0.2) is 71.1 Å². The number of ketones is 1. The maximum atomic E-state index is 13.2. The third-order valence-electron chi connectivity index (χ3n) is 4.66. The summed E-state index contributed by atoms with van der Waals surface area (Å²) in [6.45, 7) is -0.261. The molecule has 0 aliphatic heterocycles. The first-order valence-corrected chi connectivity index (χ1v) is 10.3. The molecule has 0 saturated carbocycles. The Morgan fingerprint density at radius 2 is 1.75 bits per heavy atom. The maximum Gasteiger partial charge on any atom is 0.262 e. The molecule has 6 nitrogen and oxygen atoms in total. The highest BCUT2D eigenvalue weighted by molar-refractivity contribution is 6.32. The fourth-order valence-corrected chi connectivity index (χ4v) is 3.51. The number of ether oxygens (including phenoxy) is 2. The van der Waals surface area contributed by atoms with Gasteiger partial charge in [0, 0.05) is 16.0 Å². The van der Waals surface area contributed by atoms with Crippen LogP contribution in [-0.2, 0) is 4.79 Å². The van der Waals surface area contributed by atoms with Gasteiger partial charge in [0.25, 0.3) is 5.91 Å². The Balaban J connectivity index is 1.61. The second kappa shape index (κ2) is 9.34. The zero-order valence-electron chi connectivity index (χ0n) is 16.9. The van der Waals surface area contributed by atoms with Crippen LogP contribution in [0, 0.1) is 0 Å². The minimum Gasteiger partial charge on any atom is -0.495 e. The van der Waals surface area contributed by atoms with E-state index in [-0.39, 0.29) is 23.1 Å². The molecule has 0 radical (unpaired) electrons. The number of para-hydroxylation sites is 1. The van der Waals surface area contributed by atoms with E-state index in [9.17, 15) is 9.59 Å². The monoisotopic (exact) mass is 469 g/mol. The normalized spacial score (nSPS) is 10.7. The number of amides is 1. The van der Waals surface area contributed by atoms with Crippen LogP contribution in [-0.4, -0.2) is 25.4 Å². The second-order valence-electron chi connectivity index (χ2n) is 6.77. The molecule has 0 aliphatic carbocycles. The average molecular weight is 470 g/mol. The fraction of sp³-hybridized carbons (Fsp3) is 0.0833. The first-order chi connectivity index (χ1) is 15.5. The van der Waals surface area contributed by atoms with E-state index in [0.717, 1.165) is 0 Å². The van der Waals surface area contributed by atoms with E-state index in [2.05, 4.69) is 5.32 Å². The van der Waals surface area contributed by atoms with E-state index in [0.29, 0.717) is 33.1 Å². The number of rotatable bonds is 7. The van der Waals surface area contributed by atoms with Crippen LogP contribution in [0.25, 0.3) is 11.0 Å². The van der Waals surface area contributed by atoms with Crippen molar-refractivity contribution in [1.29, 1.82) is 0 Å². The number of methoxy groups -OCH3 is 1. The third kappa shape index (κ3) is 4.56. The molecule has 1 amide bonds. The van der Waals surface area contributed by atoms with Crippen molar-refractivity contribution in [2.24, 2.45) is 0 Å². The molecule has 8 heteroatoms. The van der Waals surface area contributed by atoms with Gasteiger partial charge < -0.3 is 19.2 Å². The topological polar surface area (TPSA) is 77.8 Å². The molecule has 0 saturated heterocycles. The number of hydrogen-bond donors (Lipinski definition) is 1. The molecule has 162 valence electrons. The number of hydrogen-bond acceptors (Lipinski definition) is 5. The molecule has 1 N–H and O–H groups in total. The van der Waals surface area contributed by atoms with Crippen LogP contribution < -0.4 is 14.8 Å². The molecule has 4 rings (SSSR count). The van der Waals surface area contributed by atoms with E-state index in [1.807, 2.05) is 0 Å². The van der Waals surface area contributed by atoms with Gasteiger partial charge in [0.15, 0.2) is 12.4 Å². The number of carbonyl (C=O) groups excluding carboxylic acids is 2. The van der Waals surface area contributed by atoms with Crippen molar-refractivity contribution in [3.63, 3.8) is 0 Å². The van der Waals surface area contributed by atoms with Gasteiger partial charge in [-0.3, -0.25) is 9.59 Å². The van der Waals surface area contributed by atoms with Crippen LogP contribution in [0.1, 0.15) is 16.1 Å². The highest BCUT2D eigenvalue weighted by Crippen LogP contribution is 2.34. The number of anilines is 1. The Bertz CT molecular complexity index is 1300. The molecule has 0 spiro atoms. The lowest BCUT2D eigenvalue weighted by Crippen LogP contribution is -2.21. The molecule has 0 fully saturated rings. The van der Waals surface area contributed by atoms with Crippen LogP contribution in [0.2, 0.25) is 10.0 Å². The summed E-state index contributed by atoms with van der Waals surface area (Å²) in [5.41, 5.74) is 1.02. The van der Waals surface area contributed by atoms with Crippen molar-refractivity contribution in [3.05, 3.63) is 88.1 Å². The minimum atomic E-state index is -0.451. The largest absolute Gasteiger partial charge is 0.495 e. The molecule has 4 aromatic rings. The van der Waals surface area contributed by atoms with Crippen molar-refractivity contribution in [2.45, 2.75) is 0 Å². The Morgan fingerprint density at radius 3 is 2.47 bits per heavy atom. The molecule has 0 aliphatic rings. The molecular formula is C24H17Cl2NO5. The van der Waals surface area contributed by atoms with Gasteiger partial charge in [0.1, 0.15) is 17.1 Å². The lowest BCUT2D eigenvalue weighted by atomic mass is 10.1. The van der Waals surface area contributed by atoms with E-state index < -0.39 is 11.7 Å². The van der Waals surface area contributed by atoms with Crippen molar-refractivity contribution in [3.8, 4) is 11.5 Å². The van der Waals surface area contributed by atoms with Gasteiger partial charge in [-0.2, -0.15) is 0 Å². The van der Waals surface area contributed by atoms with Crippen molar-refractivity contribution >= 4 is 51.5 Å². The predicted molar refractivity (Wildman–Crippen MR) is 123 cm³/mol. The summed E-state index contributed by atoms with van der Waals surface area (Å²) in [4.78, 5) is 25.8. The average Bonchev–Trinajstić information content (AvgIpc) is 3.16. The summed E-state index contributed by atoms with van der Waals surface area (Å²) in [6.07, 6.45) is 0. The summed E-state index contributed by atoms with van der Waals surface area (Å²) in [6, 6.07) is 18.3. The predicted octanol–water partition coefficient (Wildman–Crippen LogP) is 6.00. The number of nitrogens with one attached hydrogen (secondary N) is 1. The number of benzene rings is 3. The quantitative estimate of drug-likeness (QED) is 0.336. The maximum absolute atomic E-state index is 13.2. The van der Waals surface area contributed by atoms with E-state index in [4.69, 9.17) is 37.1 Å². The molecule has 0 bridgehead atoms. The van der Waals surface area contributed by atoms with E-state index >= 15 is 0 Å². The Morgan fingerprint density at radius 1 is 1.00 bits per heavy atom. The number of fused-ring (bicyclic) bond motifs is 1. The lowest BCUT2D eigenvalue weighted by molar-refractivity contribution is -0.118. The van der Waals surface area contributed by atoms with Crippen molar-refractivity contribution < 1.29 is 23.5 Å². The molecular weight excluding hydrogens is 453 g/mol. The van der Waals surface area contributed by atoms with Gasteiger partial charge in [-0.15, -0.1) is 0 Å². The summed E-state index contributed by atoms with van der Waals surface area (Å²) >= 11 is 12.0. The molecule has 3 aromatic carbocycles.